The molecular formula is C13H15ClFNO2S. The Bertz CT molecular complexity index is 472. The van der Waals surface area contributed by atoms with Crippen molar-refractivity contribution < 1.29 is 14.3 Å². The lowest BCUT2D eigenvalue weighted by Crippen LogP contribution is -2.42. The van der Waals surface area contributed by atoms with Crippen molar-refractivity contribution in [1.29, 1.82) is 0 Å². The lowest BCUT2D eigenvalue weighted by molar-refractivity contribution is -0.138. The SMILES string of the molecule is O=C(O)CC1CSCCN1Cc1ccc(F)c(Cl)c1. The molecule has 0 aliphatic carbocycles. The molecule has 1 N–H and O–H groups in total. The molecule has 6 heteroatoms. The zero-order chi connectivity index (χ0) is 13.8. The normalized spacial score (nSPS) is 20.4. The predicted molar refractivity (Wildman–Crippen MR) is 75.2 cm³/mol. The monoisotopic (exact) mass is 303 g/mol. The van der Waals surface area contributed by atoms with Crippen LogP contribution in [-0.4, -0.2) is 40.1 Å². The number of hydrogen-bond donors (Lipinski definition) is 1. The highest BCUT2D eigenvalue weighted by atomic mass is 35.5. The summed E-state index contributed by atoms with van der Waals surface area (Å²) < 4.78 is 13.1. The Morgan fingerprint density at radius 1 is 1.58 bits per heavy atom. The summed E-state index contributed by atoms with van der Waals surface area (Å²) in [5, 5.41) is 9.03. The Balaban J connectivity index is 2.06. The van der Waals surface area contributed by atoms with Gasteiger partial charge in [0.25, 0.3) is 0 Å². The summed E-state index contributed by atoms with van der Waals surface area (Å²) in [5.41, 5.74) is 0.911. The van der Waals surface area contributed by atoms with Gasteiger partial charge in [-0.1, -0.05) is 17.7 Å². The summed E-state index contributed by atoms with van der Waals surface area (Å²) in [5.74, 6) is 0.600. The van der Waals surface area contributed by atoms with Crippen LogP contribution in [0.1, 0.15) is 12.0 Å². The van der Waals surface area contributed by atoms with Gasteiger partial charge in [0.15, 0.2) is 0 Å². The largest absolute Gasteiger partial charge is 0.481 e. The standard InChI is InChI=1S/C13H15ClFNO2S/c14-11-5-9(1-2-12(11)15)7-16-3-4-19-8-10(16)6-13(17)18/h1-2,5,10H,3-4,6-8H2,(H,17,18). The smallest absolute Gasteiger partial charge is 0.304 e. The molecule has 1 aliphatic rings. The number of rotatable bonds is 4. The van der Waals surface area contributed by atoms with Gasteiger partial charge in [-0.3, -0.25) is 9.69 Å². The van der Waals surface area contributed by atoms with Crippen LogP contribution in [0.15, 0.2) is 18.2 Å². The van der Waals surface area contributed by atoms with E-state index >= 15 is 0 Å². The Labute approximate surface area is 120 Å². The molecule has 1 aromatic rings. The van der Waals surface area contributed by atoms with E-state index in [1.54, 1.807) is 23.9 Å². The van der Waals surface area contributed by atoms with Crippen LogP contribution in [0.2, 0.25) is 5.02 Å². The number of thioether (sulfide) groups is 1. The van der Waals surface area contributed by atoms with Crippen molar-refractivity contribution in [2.45, 2.75) is 19.0 Å². The highest BCUT2D eigenvalue weighted by Gasteiger charge is 2.25. The Hall–Kier alpha value is -0.780. The fourth-order valence-electron chi connectivity index (χ4n) is 2.16. The van der Waals surface area contributed by atoms with Crippen molar-refractivity contribution in [3.8, 4) is 0 Å². The number of aliphatic carboxylic acids is 1. The third-order valence-corrected chi connectivity index (χ3v) is 4.51. The number of nitrogens with zero attached hydrogens (tertiary/aromatic N) is 1. The minimum Gasteiger partial charge on any atom is -0.481 e. The first kappa shape index (κ1) is 14.6. The van der Waals surface area contributed by atoms with Crippen molar-refractivity contribution in [2.24, 2.45) is 0 Å². The fraction of sp³-hybridized carbons (Fsp3) is 0.462. The van der Waals surface area contributed by atoms with Crippen molar-refractivity contribution in [3.63, 3.8) is 0 Å². The van der Waals surface area contributed by atoms with E-state index in [1.165, 1.54) is 6.07 Å². The molecule has 19 heavy (non-hydrogen) atoms. The maximum absolute atomic E-state index is 13.1. The fourth-order valence-corrected chi connectivity index (χ4v) is 3.49. The molecule has 0 amide bonds. The first-order valence-electron chi connectivity index (χ1n) is 6.04. The molecule has 1 saturated heterocycles. The van der Waals surface area contributed by atoms with Crippen LogP contribution in [0.3, 0.4) is 0 Å². The van der Waals surface area contributed by atoms with E-state index in [2.05, 4.69) is 4.90 Å². The van der Waals surface area contributed by atoms with E-state index in [4.69, 9.17) is 16.7 Å². The molecule has 1 unspecified atom stereocenters. The molecule has 104 valence electrons. The van der Waals surface area contributed by atoms with Gasteiger partial charge in [-0.05, 0) is 17.7 Å². The van der Waals surface area contributed by atoms with Gasteiger partial charge in [-0.25, -0.2) is 4.39 Å². The van der Waals surface area contributed by atoms with E-state index < -0.39 is 11.8 Å². The first-order chi connectivity index (χ1) is 9.06. The van der Waals surface area contributed by atoms with Gasteiger partial charge >= 0.3 is 5.97 Å². The third kappa shape index (κ3) is 4.09. The van der Waals surface area contributed by atoms with E-state index in [-0.39, 0.29) is 17.5 Å². The topological polar surface area (TPSA) is 40.5 Å². The van der Waals surface area contributed by atoms with Crippen LogP contribution < -0.4 is 0 Å². The Morgan fingerprint density at radius 2 is 2.37 bits per heavy atom. The highest BCUT2D eigenvalue weighted by molar-refractivity contribution is 7.99. The molecular weight excluding hydrogens is 289 g/mol. The summed E-state index contributed by atoms with van der Waals surface area (Å²) in [6.45, 7) is 1.45. The number of carboxylic acids is 1. The van der Waals surface area contributed by atoms with E-state index in [0.717, 1.165) is 23.6 Å². The van der Waals surface area contributed by atoms with Gasteiger partial charge < -0.3 is 5.11 Å². The van der Waals surface area contributed by atoms with Crippen LogP contribution in [0.25, 0.3) is 0 Å². The summed E-state index contributed by atoms with van der Waals surface area (Å²) >= 11 is 7.53. The minimum absolute atomic E-state index is 0.0279. The number of halogens is 2. The molecule has 0 radical (unpaired) electrons. The molecule has 1 heterocycles. The molecule has 3 nitrogen and oxygen atoms in total. The number of carboxylic acid groups (broad SMARTS) is 1. The summed E-state index contributed by atoms with van der Waals surface area (Å²) in [7, 11) is 0. The molecule has 1 fully saturated rings. The second-order valence-electron chi connectivity index (χ2n) is 4.55. The van der Waals surface area contributed by atoms with Gasteiger partial charge in [0.2, 0.25) is 0 Å². The second-order valence-corrected chi connectivity index (χ2v) is 6.10. The van der Waals surface area contributed by atoms with Gasteiger partial charge in [0.1, 0.15) is 5.82 Å². The Kier molecular flexibility index (Phi) is 5.07. The van der Waals surface area contributed by atoms with Crippen LogP contribution in [0, 0.1) is 5.82 Å². The Morgan fingerprint density at radius 3 is 3.05 bits per heavy atom. The number of carbonyl (C=O) groups is 1. The van der Waals surface area contributed by atoms with E-state index in [1.807, 2.05) is 0 Å². The minimum atomic E-state index is -0.783. The van der Waals surface area contributed by atoms with Crippen LogP contribution in [0.5, 0.6) is 0 Å². The number of hydrogen-bond acceptors (Lipinski definition) is 3. The third-order valence-electron chi connectivity index (χ3n) is 3.13. The summed E-state index contributed by atoms with van der Waals surface area (Å²) in [4.78, 5) is 13.0. The van der Waals surface area contributed by atoms with E-state index in [9.17, 15) is 9.18 Å². The van der Waals surface area contributed by atoms with Crippen molar-refractivity contribution in [1.82, 2.24) is 4.90 Å². The molecule has 1 aromatic carbocycles. The lowest BCUT2D eigenvalue weighted by atomic mass is 10.1. The average molecular weight is 304 g/mol. The second kappa shape index (κ2) is 6.59. The molecule has 0 bridgehead atoms. The molecule has 0 spiro atoms. The van der Waals surface area contributed by atoms with Gasteiger partial charge in [0, 0.05) is 30.6 Å². The van der Waals surface area contributed by atoms with Gasteiger partial charge in [-0.15, -0.1) is 0 Å². The zero-order valence-electron chi connectivity index (χ0n) is 10.3. The highest BCUT2D eigenvalue weighted by Crippen LogP contribution is 2.23. The van der Waals surface area contributed by atoms with Crippen molar-refractivity contribution in [2.75, 3.05) is 18.1 Å². The summed E-state index contributed by atoms with van der Waals surface area (Å²) in [6, 6.07) is 4.68. The van der Waals surface area contributed by atoms with Crippen LogP contribution >= 0.6 is 23.4 Å². The predicted octanol–water partition coefficient (Wildman–Crippen LogP) is 2.87. The van der Waals surface area contributed by atoms with Gasteiger partial charge in [0.05, 0.1) is 11.4 Å². The van der Waals surface area contributed by atoms with Crippen LogP contribution in [-0.2, 0) is 11.3 Å². The number of benzene rings is 1. The zero-order valence-corrected chi connectivity index (χ0v) is 11.9. The van der Waals surface area contributed by atoms with E-state index in [0.29, 0.717) is 6.54 Å². The average Bonchev–Trinajstić information content (AvgIpc) is 2.36. The quantitative estimate of drug-likeness (QED) is 0.928. The molecule has 0 aromatic heterocycles. The summed E-state index contributed by atoms with van der Waals surface area (Å²) in [6.07, 6.45) is 0.141. The first-order valence-corrected chi connectivity index (χ1v) is 7.57. The molecule has 2 rings (SSSR count). The van der Waals surface area contributed by atoms with Crippen molar-refractivity contribution >= 4 is 29.3 Å². The molecule has 0 saturated carbocycles. The van der Waals surface area contributed by atoms with Gasteiger partial charge in [-0.2, -0.15) is 11.8 Å². The van der Waals surface area contributed by atoms with Crippen LogP contribution in [0.4, 0.5) is 4.39 Å². The maximum Gasteiger partial charge on any atom is 0.304 e. The molecule has 1 aliphatic heterocycles. The maximum atomic E-state index is 13.1. The van der Waals surface area contributed by atoms with Crippen molar-refractivity contribution in [3.05, 3.63) is 34.6 Å². The molecule has 1 atom stereocenters. The lowest BCUT2D eigenvalue weighted by Gasteiger charge is -2.34.